The molecule has 11 heteroatoms. The molecule has 2 aliphatic heterocycles. The molecule has 1 N–H and O–H groups in total. The number of hydrogen-bond donors (Lipinski definition) is 1. The predicted octanol–water partition coefficient (Wildman–Crippen LogP) is 6.53. The largest absolute Gasteiger partial charge is 0.488 e. The highest BCUT2D eigenvalue weighted by Gasteiger charge is 2.47. The number of benzene rings is 3. The van der Waals surface area contributed by atoms with Crippen molar-refractivity contribution in [2.24, 2.45) is 0 Å². The molecule has 7 nitrogen and oxygen atoms in total. The van der Waals surface area contributed by atoms with E-state index in [1.807, 2.05) is 53.4 Å². The van der Waals surface area contributed by atoms with Crippen LogP contribution >= 0.6 is 11.6 Å². The van der Waals surface area contributed by atoms with Crippen LogP contribution in [0.5, 0.6) is 5.75 Å². The van der Waals surface area contributed by atoms with Gasteiger partial charge in [0.15, 0.2) is 17.4 Å². The highest BCUT2D eigenvalue weighted by atomic mass is 35.5. The molecule has 2 fully saturated rings. The third-order valence-electron chi connectivity index (χ3n) is 8.87. The van der Waals surface area contributed by atoms with Crippen molar-refractivity contribution in [1.29, 1.82) is 0 Å². The molecule has 0 aromatic heterocycles. The van der Waals surface area contributed by atoms with Gasteiger partial charge in [0, 0.05) is 36.3 Å². The number of carbonyl (C=O) groups is 2. The second kappa shape index (κ2) is 13.8. The summed E-state index contributed by atoms with van der Waals surface area (Å²) in [7, 11) is 1.36. The van der Waals surface area contributed by atoms with E-state index in [-0.39, 0.29) is 24.6 Å². The van der Waals surface area contributed by atoms with Gasteiger partial charge in [0.25, 0.3) is 5.91 Å². The lowest BCUT2D eigenvalue weighted by Gasteiger charge is -2.47. The topological polar surface area (TPSA) is 71.1 Å². The number of fused-ring (bicyclic) bond motifs is 2. The zero-order valence-corrected chi connectivity index (χ0v) is 26.2. The third kappa shape index (κ3) is 6.59. The maximum atomic E-state index is 14.6. The Morgan fingerprint density at radius 3 is 2.46 bits per heavy atom. The molecule has 1 saturated heterocycles. The summed E-state index contributed by atoms with van der Waals surface area (Å²) in [6.07, 6.45) is 2.83. The van der Waals surface area contributed by atoms with E-state index in [4.69, 9.17) is 21.1 Å². The fourth-order valence-corrected chi connectivity index (χ4v) is 6.60. The van der Waals surface area contributed by atoms with Crippen LogP contribution in [0.1, 0.15) is 42.4 Å². The summed E-state index contributed by atoms with van der Waals surface area (Å²) >= 11 is 6.50. The van der Waals surface area contributed by atoms with E-state index < -0.39 is 35.3 Å². The standard InChI is InChI=1S/C35H35ClF3N3O4/c1-45-35(44)42-25-17-26(22-10-8-21(9-11-22)5-4-16-46-33-29(38)15-14-28(37)32(33)39)31(30(42)19-40-18-25)34(43)41(24-12-13-24)20-23-6-2-3-7-27(23)36/h2-3,6-11,14-15,24-25,30,40H,4-5,12-13,16-20H2,1H3/t25-,30-/m1/s1. The smallest absolute Gasteiger partial charge is 0.410 e. The molecule has 0 unspecified atom stereocenters. The van der Waals surface area contributed by atoms with E-state index in [9.17, 15) is 22.8 Å². The zero-order chi connectivity index (χ0) is 32.4. The molecule has 3 aliphatic rings. The van der Waals surface area contributed by atoms with Crippen molar-refractivity contribution in [2.75, 3.05) is 26.8 Å². The van der Waals surface area contributed by atoms with Gasteiger partial charge < -0.3 is 19.7 Å². The van der Waals surface area contributed by atoms with Crippen LogP contribution in [0.15, 0.2) is 66.2 Å². The molecule has 2 heterocycles. The predicted molar refractivity (Wildman–Crippen MR) is 168 cm³/mol. The second-order valence-corrected chi connectivity index (χ2v) is 12.3. The number of rotatable bonds is 10. The van der Waals surface area contributed by atoms with Gasteiger partial charge in [-0.05, 0) is 72.6 Å². The van der Waals surface area contributed by atoms with Crippen LogP contribution in [0.25, 0.3) is 5.57 Å². The fourth-order valence-electron chi connectivity index (χ4n) is 6.40. The lowest BCUT2D eigenvalue weighted by atomic mass is 9.81. The first-order valence-corrected chi connectivity index (χ1v) is 15.8. The number of ether oxygens (including phenoxy) is 2. The van der Waals surface area contributed by atoms with Crippen LogP contribution in [-0.4, -0.2) is 66.7 Å². The van der Waals surface area contributed by atoms with Crippen molar-refractivity contribution in [1.82, 2.24) is 15.1 Å². The van der Waals surface area contributed by atoms with Crippen LogP contribution in [-0.2, 0) is 22.5 Å². The van der Waals surface area contributed by atoms with Crippen LogP contribution in [0.3, 0.4) is 0 Å². The Bertz CT molecular complexity index is 1650. The number of methoxy groups -OCH3 is 1. The quantitative estimate of drug-likeness (QED) is 0.199. The van der Waals surface area contributed by atoms with Gasteiger partial charge in [-0.3, -0.25) is 9.69 Å². The van der Waals surface area contributed by atoms with Gasteiger partial charge in [-0.25, -0.2) is 13.6 Å². The molecule has 242 valence electrons. The average molecular weight is 654 g/mol. The van der Waals surface area contributed by atoms with Gasteiger partial charge >= 0.3 is 6.09 Å². The molecule has 2 amide bonds. The SMILES string of the molecule is COC(=O)N1[C@H]2CNC[C@@H]1C(C(=O)N(Cc1ccccc1Cl)C1CC1)=C(c1ccc(CCCOc3c(F)ccc(F)c3F)cc1)C2. The minimum Gasteiger partial charge on any atom is -0.488 e. The molecule has 3 aromatic carbocycles. The Morgan fingerprint density at radius 1 is 1.00 bits per heavy atom. The number of amides is 2. The third-order valence-corrected chi connectivity index (χ3v) is 9.24. The number of halogens is 4. The first-order valence-electron chi connectivity index (χ1n) is 15.5. The number of hydrogen-bond acceptors (Lipinski definition) is 5. The molecule has 2 atom stereocenters. The molecule has 6 rings (SSSR count). The fraction of sp³-hybridized carbons (Fsp3) is 0.371. The van der Waals surface area contributed by atoms with Crippen LogP contribution < -0.4 is 10.1 Å². The summed E-state index contributed by atoms with van der Waals surface area (Å²) in [6.45, 7) is 1.37. The van der Waals surface area contributed by atoms with Gasteiger partial charge in [0.1, 0.15) is 0 Å². The minimum absolute atomic E-state index is 0.00496. The monoisotopic (exact) mass is 653 g/mol. The summed E-state index contributed by atoms with van der Waals surface area (Å²) in [6, 6.07) is 16.3. The van der Waals surface area contributed by atoms with Gasteiger partial charge in [0.2, 0.25) is 5.82 Å². The number of aryl methyl sites for hydroxylation is 1. The first kappa shape index (κ1) is 31.9. The summed E-state index contributed by atoms with van der Waals surface area (Å²) < 4.78 is 51.6. The Balaban J connectivity index is 1.26. The Hall–Kier alpha value is -4.02. The van der Waals surface area contributed by atoms with E-state index in [1.54, 1.807) is 4.90 Å². The molecule has 2 bridgehead atoms. The van der Waals surface area contributed by atoms with Crippen LogP contribution in [0.2, 0.25) is 5.02 Å². The Labute approximate surface area is 270 Å². The Kier molecular flexibility index (Phi) is 9.56. The van der Waals surface area contributed by atoms with Crippen molar-refractivity contribution in [3.8, 4) is 5.75 Å². The summed E-state index contributed by atoms with van der Waals surface area (Å²) in [5, 5.41) is 4.00. The van der Waals surface area contributed by atoms with E-state index in [0.717, 1.165) is 47.2 Å². The maximum absolute atomic E-state index is 14.6. The number of nitrogens with one attached hydrogen (secondary N) is 1. The molecule has 46 heavy (non-hydrogen) atoms. The van der Waals surface area contributed by atoms with Gasteiger partial charge in [-0.1, -0.05) is 54.1 Å². The highest BCUT2D eigenvalue weighted by Crippen LogP contribution is 2.40. The zero-order valence-electron chi connectivity index (χ0n) is 25.4. The average Bonchev–Trinajstić information content (AvgIpc) is 3.90. The maximum Gasteiger partial charge on any atom is 0.410 e. The van der Waals surface area contributed by atoms with Gasteiger partial charge in [-0.2, -0.15) is 4.39 Å². The van der Waals surface area contributed by atoms with Crippen molar-refractivity contribution < 1.29 is 32.2 Å². The van der Waals surface area contributed by atoms with Crippen molar-refractivity contribution in [3.63, 3.8) is 0 Å². The molecule has 1 saturated carbocycles. The molecule has 0 spiro atoms. The minimum atomic E-state index is -1.34. The van der Waals surface area contributed by atoms with Gasteiger partial charge in [0.05, 0.1) is 25.8 Å². The number of piperazine rings is 1. The number of carbonyl (C=O) groups excluding carboxylic acids is 2. The molecule has 0 radical (unpaired) electrons. The van der Waals surface area contributed by atoms with Gasteiger partial charge in [-0.15, -0.1) is 0 Å². The van der Waals surface area contributed by atoms with E-state index >= 15 is 0 Å². The van der Waals surface area contributed by atoms with E-state index in [0.29, 0.717) is 49.5 Å². The normalized spacial score (nSPS) is 19.2. The summed E-state index contributed by atoms with van der Waals surface area (Å²) in [5.41, 5.74) is 4.20. The first-order chi connectivity index (χ1) is 22.3. The Morgan fingerprint density at radius 2 is 1.74 bits per heavy atom. The van der Waals surface area contributed by atoms with E-state index in [1.165, 1.54) is 7.11 Å². The highest BCUT2D eigenvalue weighted by molar-refractivity contribution is 6.31. The van der Waals surface area contributed by atoms with Crippen LogP contribution in [0.4, 0.5) is 18.0 Å². The summed E-state index contributed by atoms with van der Waals surface area (Å²) in [5.74, 6) is -4.29. The molecular weight excluding hydrogens is 619 g/mol. The van der Waals surface area contributed by atoms with E-state index in [2.05, 4.69) is 5.32 Å². The molecular formula is C35H35ClF3N3O4. The van der Waals surface area contributed by atoms with Crippen molar-refractivity contribution >= 4 is 29.2 Å². The lowest BCUT2D eigenvalue weighted by molar-refractivity contribution is -0.129. The lowest BCUT2D eigenvalue weighted by Crippen LogP contribution is -2.63. The van der Waals surface area contributed by atoms with Crippen LogP contribution in [0, 0.1) is 17.5 Å². The number of nitrogens with zero attached hydrogens (tertiary/aromatic N) is 2. The second-order valence-electron chi connectivity index (χ2n) is 11.9. The molecule has 3 aromatic rings. The molecule has 1 aliphatic carbocycles. The van der Waals surface area contributed by atoms with Crippen molar-refractivity contribution in [3.05, 3.63) is 105 Å². The van der Waals surface area contributed by atoms with Crippen molar-refractivity contribution in [2.45, 2.75) is 56.8 Å². The summed E-state index contributed by atoms with van der Waals surface area (Å²) in [4.78, 5) is 31.2.